The van der Waals surface area contributed by atoms with E-state index >= 15 is 0 Å². The smallest absolute Gasteiger partial charge is 0.264 e. The highest BCUT2D eigenvalue weighted by Gasteiger charge is 2.31. The SMILES string of the molecule is O=C(c1cc2c(F)cccc2s1)N1CCN(S(=O)(=O)c2cccnc2)CC1. The summed E-state index contributed by atoms with van der Waals surface area (Å²) in [5, 5.41) is 0.434. The van der Waals surface area contributed by atoms with Gasteiger partial charge in [-0.2, -0.15) is 4.31 Å². The Morgan fingerprint density at radius 2 is 1.89 bits per heavy atom. The van der Waals surface area contributed by atoms with Crippen molar-refractivity contribution >= 4 is 37.4 Å². The number of piperazine rings is 1. The lowest BCUT2D eigenvalue weighted by molar-refractivity contribution is 0.0703. The number of fused-ring (bicyclic) bond motifs is 1. The van der Waals surface area contributed by atoms with Crippen molar-refractivity contribution in [2.24, 2.45) is 0 Å². The molecule has 1 fully saturated rings. The van der Waals surface area contributed by atoms with E-state index < -0.39 is 10.0 Å². The second kappa shape index (κ2) is 6.99. The van der Waals surface area contributed by atoms with Gasteiger partial charge in [0, 0.05) is 48.7 Å². The Balaban J connectivity index is 1.48. The number of aromatic nitrogens is 1. The number of benzene rings is 1. The van der Waals surface area contributed by atoms with Gasteiger partial charge in [-0.3, -0.25) is 9.78 Å². The molecule has 2 aromatic heterocycles. The van der Waals surface area contributed by atoms with Gasteiger partial charge in [-0.05, 0) is 30.3 Å². The third-order valence-corrected chi connectivity index (χ3v) is 7.49. The third-order valence-electron chi connectivity index (χ3n) is 4.52. The maximum Gasteiger partial charge on any atom is 0.264 e. The van der Waals surface area contributed by atoms with Crippen LogP contribution in [0.25, 0.3) is 10.1 Å². The number of halogens is 1. The molecule has 0 aliphatic carbocycles. The van der Waals surface area contributed by atoms with Gasteiger partial charge < -0.3 is 4.90 Å². The Morgan fingerprint density at radius 3 is 2.56 bits per heavy atom. The Labute approximate surface area is 159 Å². The predicted molar refractivity (Wildman–Crippen MR) is 101 cm³/mol. The van der Waals surface area contributed by atoms with Crippen LogP contribution in [0.3, 0.4) is 0 Å². The molecular formula is C18H16FN3O3S2. The molecule has 1 amide bonds. The maximum absolute atomic E-state index is 13.9. The number of pyridine rings is 1. The molecule has 6 nitrogen and oxygen atoms in total. The molecule has 1 aliphatic heterocycles. The lowest BCUT2D eigenvalue weighted by atomic mass is 10.2. The van der Waals surface area contributed by atoms with E-state index in [4.69, 9.17) is 0 Å². The van der Waals surface area contributed by atoms with Gasteiger partial charge in [0.05, 0.1) is 4.88 Å². The summed E-state index contributed by atoms with van der Waals surface area (Å²) in [5.41, 5.74) is 0. The quantitative estimate of drug-likeness (QED) is 0.672. The Hall–Kier alpha value is -2.36. The number of amides is 1. The summed E-state index contributed by atoms with van der Waals surface area (Å²) < 4.78 is 41.2. The number of hydrogen-bond donors (Lipinski definition) is 0. The summed E-state index contributed by atoms with van der Waals surface area (Å²) in [4.78, 5) is 18.8. The van der Waals surface area contributed by atoms with E-state index in [9.17, 15) is 17.6 Å². The number of hydrogen-bond acceptors (Lipinski definition) is 5. The molecule has 1 aromatic carbocycles. The number of nitrogens with zero attached hydrogens (tertiary/aromatic N) is 3. The largest absolute Gasteiger partial charge is 0.335 e. The van der Waals surface area contributed by atoms with Crippen molar-refractivity contribution in [1.29, 1.82) is 0 Å². The monoisotopic (exact) mass is 405 g/mol. The second-order valence-corrected chi connectivity index (χ2v) is 9.17. The summed E-state index contributed by atoms with van der Waals surface area (Å²) in [6.45, 7) is 0.995. The molecule has 0 spiro atoms. The minimum Gasteiger partial charge on any atom is -0.335 e. The first-order valence-corrected chi connectivity index (χ1v) is 10.6. The van der Waals surface area contributed by atoms with Crippen molar-refractivity contribution in [1.82, 2.24) is 14.2 Å². The predicted octanol–water partition coefficient (Wildman–Crippen LogP) is 2.58. The molecule has 0 saturated carbocycles. The molecule has 0 unspecified atom stereocenters. The number of sulfonamides is 1. The van der Waals surface area contributed by atoms with Crippen LogP contribution >= 0.6 is 11.3 Å². The van der Waals surface area contributed by atoms with Crippen molar-refractivity contribution < 1.29 is 17.6 Å². The molecule has 0 N–H and O–H groups in total. The van der Waals surface area contributed by atoms with Gasteiger partial charge in [0.2, 0.25) is 10.0 Å². The fraction of sp³-hybridized carbons (Fsp3) is 0.222. The van der Waals surface area contributed by atoms with Crippen LogP contribution in [-0.2, 0) is 10.0 Å². The van der Waals surface area contributed by atoms with Crippen molar-refractivity contribution in [2.75, 3.05) is 26.2 Å². The Kier molecular flexibility index (Phi) is 4.67. The molecule has 0 bridgehead atoms. The lowest BCUT2D eigenvalue weighted by Gasteiger charge is -2.33. The fourth-order valence-electron chi connectivity index (χ4n) is 3.07. The summed E-state index contributed by atoms with van der Waals surface area (Å²) in [6, 6.07) is 9.41. The first-order valence-electron chi connectivity index (χ1n) is 8.34. The van der Waals surface area contributed by atoms with Crippen LogP contribution in [-0.4, -0.2) is 54.7 Å². The molecular weight excluding hydrogens is 389 g/mol. The van der Waals surface area contributed by atoms with Gasteiger partial charge in [0.25, 0.3) is 5.91 Å². The van der Waals surface area contributed by atoms with Crippen LogP contribution in [0.1, 0.15) is 9.67 Å². The Bertz CT molecular complexity index is 1090. The van der Waals surface area contributed by atoms with Crippen LogP contribution in [0.15, 0.2) is 53.7 Å². The first-order chi connectivity index (χ1) is 13.0. The fourth-order valence-corrected chi connectivity index (χ4v) is 5.50. The van der Waals surface area contributed by atoms with E-state index in [2.05, 4.69) is 4.98 Å². The number of carbonyl (C=O) groups excluding carboxylic acids is 1. The minimum atomic E-state index is -3.62. The van der Waals surface area contributed by atoms with Gasteiger partial charge in [-0.15, -0.1) is 11.3 Å². The van der Waals surface area contributed by atoms with E-state index in [1.165, 1.54) is 40.2 Å². The molecule has 0 atom stereocenters. The van der Waals surface area contributed by atoms with E-state index in [0.29, 0.717) is 10.3 Å². The van der Waals surface area contributed by atoms with E-state index in [1.807, 2.05) is 0 Å². The molecule has 4 rings (SSSR count). The number of rotatable bonds is 3. The molecule has 3 aromatic rings. The average molecular weight is 405 g/mol. The lowest BCUT2D eigenvalue weighted by Crippen LogP contribution is -2.50. The van der Waals surface area contributed by atoms with Gasteiger partial charge in [0.1, 0.15) is 10.7 Å². The highest BCUT2D eigenvalue weighted by Crippen LogP contribution is 2.29. The van der Waals surface area contributed by atoms with Crippen LogP contribution in [0.4, 0.5) is 4.39 Å². The van der Waals surface area contributed by atoms with Crippen molar-refractivity contribution in [3.63, 3.8) is 0 Å². The zero-order chi connectivity index (χ0) is 19.0. The maximum atomic E-state index is 13.9. The molecule has 1 aliphatic rings. The van der Waals surface area contributed by atoms with Crippen LogP contribution in [0.5, 0.6) is 0 Å². The third kappa shape index (κ3) is 3.33. The zero-order valence-corrected chi connectivity index (χ0v) is 15.8. The van der Waals surface area contributed by atoms with Gasteiger partial charge in [-0.25, -0.2) is 12.8 Å². The standard InChI is InChI=1S/C18H16FN3O3S2/c19-15-4-1-5-16-14(15)11-17(26-16)18(23)21-7-9-22(10-8-21)27(24,25)13-3-2-6-20-12-13/h1-6,11-12H,7-10H2. The summed E-state index contributed by atoms with van der Waals surface area (Å²) >= 11 is 1.25. The Morgan fingerprint density at radius 1 is 1.11 bits per heavy atom. The molecule has 0 radical (unpaired) electrons. The molecule has 140 valence electrons. The molecule has 3 heterocycles. The normalized spacial score (nSPS) is 16.0. The average Bonchev–Trinajstić information content (AvgIpc) is 3.14. The number of carbonyl (C=O) groups is 1. The van der Waals surface area contributed by atoms with Crippen LogP contribution in [0, 0.1) is 5.82 Å². The zero-order valence-electron chi connectivity index (χ0n) is 14.2. The minimum absolute atomic E-state index is 0.143. The van der Waals surface area contributed by atoms with Crippen molar-refractivity contribution in [2.45, 2.75) is 4.90 Å². The topological polar surface area (TPSA) is 70.6 Å². The van der Waals surface area contributed by atoms with E-state index in [0.717, 1.165) is 4.70 Å². The second-order valence-electron chi connectivity index (χ2n) is 6.15. The van der Waals surface area contributed by atoms with E-state index in [1.54, 1.807) is 29.2 Å². The highest BCUT2D eigenvalue weighted by molar-refractivity contribution is 7.89. The molecule has 1 saturated heterocycles. The van der Waals surface area contributed by atoms with Crippen molar-refractivity contribution in [3.05, 3.63) is 59.5 Å². The summed E-state index contributed by atoms with van der Waals surface area (Å²) in [5.74, 6) is -0.552. The summed E-state index contributed by atoms with van der Waals surface area (Å²) in [6.07, 6.45) is 2.84. The molecule has 9 heteroatoms. The van der Waals surface area contributed by atoms with Gasteiger partial charge in [0.15, 0.2) is 0 Å². The highest BCUT2D eigenvalue weighted by atomic mass is 32.2. The van der Waals surface area contributed by atoms with Gasteiger partial charge >= 0.3 is 0 Å². The number of thiophene rings is 1. The summed E-state index contributed by atoms with van der Waals surface area (Å²) in [7, 11) is -3.62. The van der Waals surface area contributed by atoms with Crippen LogP contribution < -0.4 is 0 Å². The van der Waals surface area contributed by atoms with Crippen LogP contribution in [0.2, 0.25) is 0 Å². The first kappa shape index (κ1) is 18.0. The van der Waals surface area contributed by atoms with Crippen molar-refractivity contribution in [3.8, 4) is 0 Å². The van der Waals surface area contributed by atoms with Gasteiger partial charge in [-0.1, -0.05) is 6.07 Å². The van der Waals surface area contributed by atoms with E-state index in [-0.39, 0.29) is 42.8 Å². The molecule has 27 heavy (non-hydrogen) atoms.